The number of anilines is 1. The number of hydrazine groups is 1. The van der Waals surface area contributed by atoms with E-state index in [0.717, 1.165) is 16.5 Å². The van der Waals surface area contributed by atoms with Crippen LogP contribution >= 0.6 is 0 Å². The maximum absolute atomic E-state index is 10.6. The molecular weight excluding hydrogens is 274 g/mol. The van der Waals surface area contributed by atoms with Gasteiger partial charge in [-0.25, -0.2) is 10.8 Å². The predicted octanol–water partition coefficient (Wildman–Crippen LogP) is 1.07. The van der Waals surface area contributed by atoms with Crippen LogP contribution in [0.25, 0.3) is 10.9 Å². The Morgan fingerprint density at radius 3 is 2.90 bits per heavy atom. The van der Waals surface area contributed by atoms with Crippen LogP contribution in [0.5, 0.6) is 0 Å². The van der Waals surface area contributed by atoms with Crippen molar-refractivity contribution in [1.29, 1.82) is 0 Å². The monoisotopic (exact) mass is 285 g/mol. The lowest BCUT2D eigenvalue weighted by Gasteiger charge is -2.08. The number of aromatic nitrogens is 4. The Kier molecular flexibility index (Phi) is 3.16. The van der Waals surface area contributed by atoms with Gasteiger partial charge in [-0.2, -0.15) is 4.68 Å². The van der Waals surface area contributed by atoms with Gasteiger partial charge < -0.3 is 15.5 Å². The summed E-state index contributed by atoms with van der Waals surface area (Å²) in [5.41, 5.74) is 4.10. The van der Waals surface area contributed by atoms with E-state index in [1.807, 2.05) is 30.3 Å². The van der Waals surface area contributed by atoms with Gasteiger partial charge in [0, 0.05) is 16.0 Å². The number of pyridine rings is 1. The van der Waals surface area contributed by atoms with Crippen LogP contribution in [0.1, 0.15) is 5.56 Å². The van der Waals surface area contributed by atoms with Gasteiger partial charge in [-0.1, -0.05) is 23.2 Å². The topological polar surface area (TPSA) is 125 Å². The summed E-state index contributed by atoms with van der Waals surface area (Å²) in [6.45, 7) is 0.276. The van der Waals surface area contributed by atoms with Gasteiger partial charge in [-0.05, 0) is 17.1 Å². The Morgan fingerprint density at radius 1 is 1.38 bits per heavy atom. The van der Waals surface area contributed by atoms with Crippen LogP contribution in [0.4, 0.5) is 11.8 Å². The third-order valence-corrected chi connectivity index (χ3v) is 2.96. The number of nitrogen functional groups attached to an aromatic ring is 1. The van der Waals surface area contributed by atoms with Crippen molar-refractivity contribution in [3.63, 3.8) is 0 Å². The molecule has 0 radical (unpaired) electrons. The lowest BCUT2D eigenvalue weighted by atomic mass is 10.1. The molecule has 0 spiro atoms. The van der Waals surface area contributed by atoms with Gasteiger partial charge in [-0.3, -0.25) is 0 Å². The number of nitrogens with two attached hydrogens (primary N) is 1. The standard InChI is InChI=1S/C12H11N7O2/c13-16-11-9(5-8-3-1-2-4-10(8)15-11)6-18-7-14-12(17-18)19(20)21/h1-5,7H,6,13H2,(H,15,16). The van der Waals surface area contributed by atoms with E-state index in [1.54, 1.807) is 0 Å². The number of fused-ring (bicyclic) bond motifs is 1. The third kappa shape index (κ3) is 2.49. The Morgan fingerprint density at radius 2 is 2.19 bits per heavy atom. The maximum Gasteiger partial charge on any atom is 0.490 e. The molecule has 106 valence electrons. The molecule has 21 heavy (non-hydrogen) atoms. The molecule has 0 aliphatic carbocycles. The zero-order chi connectivity index (χ0) is 14.8. The molecule has 0 saturated heterocycles. The fourth-order valence-corrected chi connectivity index (χ4v) is 2.02. The van der Waals surface area contributed by atoms with E-state index in [-0.39, 0.29) is 6.54 Å². The molecule has 2 heterocycles. The third-order valence-electron chi connectivity index (χ3n) is 2.96. The molecule has 1 aromatic carbocycles. The first kappa shape index (κ1) is 12.9. The lowest BCUT2D eigenvalue weighted by molar-refractivity contribution is -0.394. The quantitative estimate of drug-likeness (QED) is 0.417. The minimum Gasteiger partial charge on any atom is -0.390 e. The van der Waals surface area contributed by atoms with E-state index in [1.165, 1.54) is 11.0 Å². The molecule has 0 amide bonds. The summed E-state index contributed by atoms with van der Waals surface area (Å²) >= 11 is 0. The predicted molar refractivity (Wildman–Crippen MR) is 75.3 cm³/mol. The van der Waals surface area contributed by atoms with Gasteiger partial charge in [0.05, 0.1) is 12.1 Å². The lowest BCUT2D eigenvalue weighted by Crippen LogP contribution is -2.13. The minimum atomic E-state index is -0.642. The molecule has 0 aliphatic rings. The molecule has 9 heteroatoms. The molecule has 3 rings (SSSR count). The highest BCUT2D eigenvalue weighted by Gasteiger charge is 2.15. The summed E-state index contributed by atoms with van der Waals surface area (Å²) in [6, 6.07) is 9.50. The summed E-state index contributed by atoms with van der Waals surface area (Å²) < 4.78 is 1.37. The van der Waals surface area contributed by atoms with E-state index in [4.69, 9.17) is 5.84 Å². The first-order chi connectivity index (χ1) is 10.2. The molecule has 3 aromatic rings. The molecule has 3 N–H and O–H groups in total. The average molecular weight is 285 g/mol. The Balaban J connectivity index is 2.00. The van der Waals surface area contributed by atoms with Crippen molar-refractivity contribution in [1.82, 2.24) is 19.7 Å². The molecular formula is C12H11N7O2. The van der Waals surface area contributed by atoms with Crippen LogP contribution < -0.4 is 11.3 Å². The van der Waals surface area contributed by atoms with Crippen LogP contribution in [0.3, 0.4) is 0 Å². The minimum absolute atomic E-state index is 0.276. The number of rotatable bonds is 4. The van der Waals surface area contributed by atoms with Crippen molar-refractivity contribution < 1.29 is 4.92 Å². The molecule has 0 unspecified atom stereocenters. The number of nitrogens with one attached hydrogen (secondary N) is 1. The van der Waals surface area contributed by atoms with Crippen LogP contribution in [0.2, 0.25) is 0 Å². The second kappa shape index (κ2) is 5.13. The van der Waals surface area contributed by atoms with Crippen LogP contribution in [-0.4, -0.2) is 24.7 Å². The number of para-hydroxylation sites is 1. The normalized spacial score (nSPS) is 10.7. The highest BCUT2D eigenvalue weighted by atomic mass is 16.6. The SMILES string of the molecule is NNc1nc2ccccc2cc1Cn1cnc([N+](=O)[O-])n1. The van der Waals surface area contributed by atoms with E-state index >= 15 is 0 Å². The Bertz CT molecular complexity index is 814. The first-order valence-electron chi connectivity index (χ1n) is 6.06. The average Bonchev–Trinajstić information content (AvgIpc) is 2.95. The number of benzene rings is 1. The summed E-state index contributed by atoms with van der Waals surface area (Å²) in [5.74, 6) is 5.54. The molecule has 0 fully saturated rings. The fourth-order valence-electron chi connectivity index (χ4n) is 2.02. The van der Waals surface area contributed by atoms with Gasteiger partial charge in [0.1, 0.15) is 5.82 Å². The molecule has 0 bridgehead atoms. The van der Waals surface area contributed by atoms with Crippen molar-refractivity contribution in [3.05, 3.63) is 52.3 Å². The zero-order valence-corrected chi connectivity index (χ0v) is 10.8. The largest absolute Gasteiger partial charge is 0.490 e. The van der Waals surface area contributed by atoms with Crippen molar-refractivity contribution >= 4 is 22.7 Å². The second-order valence-corrected chi connectivity index (χ2v) is 4.33. The van der Waals surface area contributed by atoms with E-state index in [2.05, 4.69) is 20.5 Å². The Labute approximate surface area is 118 Å². The van der Waals surface area contributed by atoms with E-state index in [9.17, 15) is 10.1 Å². The zero-order valence-electron chi connectivity index (χ0n) is 10.8. The molecule has 0 atom stereocenters. The van der Waals surface area contributed by atoms with Gasteiger partial charge in [0.25, 0.3) is 0 Å². The van der Waals surface area contributed by atoms with Crippen LogP contribution in [0.15, 0.2) is 36.7 Å². The Hall–Kier alpha value is -3.07. The number of nitrogens with zero attached hydrogens (tertiary/aromatic N) is 5. The molecule has 9 nitrogen and oxygen atoms in total. The number of hydrogen-bond acceptors (Lipinski definition) is 7. The summed E-state index contributed by atoms with van der Waals surface area (Å²) in [7, 11) is 0. The second-order valence-electron chi connectivity index (χ2n) is 4.33. The highest BCUT2D eigenvalue weighted by Crippen LogP contribution is 2.20. The first-order valence-corrected chi connectivity index (χ1v) is 6.06. The smallest absolute Gasteiger partial charge is 0.390 e. The van der Waals surface area contributed by atoms with Crippen molar-refractivity contribution in [2.75, 3.05) is 5.43 Å². The van der Waals surface area contributed by atoms with Crippen LogP contribution in [-0.2, 0) is 6.54 Å². The molecule has 0 saturated carbocycles. The van der Waals surface area contributed by atoms with Gasteiger partial charge in [-0.15, -0.1) is 0 Å². The fraction of sp³-hybridized carbons (Fsp3) is 0.0833. The highest BCUT2D eigenvalue weighted by molar-refractivity contribution is 5.81. The maximum atomic E-state index is 10.6. The van der Waals surface area contributed by atoms with Gasteiger partial charge >= 0.3 is 5.95 Å². The molecule has 0 aliphatic heterocycles. The van der Waals surface area contributed by atoms with Gasteiger partial charge in [0.2, 0.25) is 6.33 Å². The summed E-state index contributed by atoms with van der Waals surface area (Å²) in [6.07, 6.45) is 1.30. The number of nitro groups is 1. The van der Waals surface area contributed by atoms with Crippen molar-refractivity contribution in [2.24, 2.45) is 5.84 Å². The van der Waals surface area contributed by atoms with Crippen molar-refractivity contribution in [3.8, 4) is 0 Å². The molecule has 2 aromatic heterocycles. The number of hydrogen-bond donors (Lipinski definition) is 2. The van der Waals surface area contributed by atoms with Crippen LogP contribution in [0, 0.1) is 10.1 Å². The van der Waals surface area contributed by atoms with E-state index < -0.39 is 10.9 Å². The summed E-state index contributed by atoms with van der Waals surface area (Å²) in [4.78, 5) is 18.0. The van der Waals surface area contributed by atoms with E-state index in [0.29, 0.717) is 5.82 Å². The van der Waals surface area contributed by atoms with Gasteiger partial charge in [0.15, 0.2) is 0 Å². The van der Waals surface area contributed by atoms with Crippen molar-refractivity contribution in [2.45, 2.75) is 6.54 Å². The summed E-state index contributed by atoms with van der Waals surface area (Å²) in [5, 5.41) is 15.3.